The summed E-state index contributed by atoms with van der Waals surface area (Å²) in [4.78, 5) is 36.1. The van der Waals surface area contributed by atoms with Gasteiger partial charge in [0, 0.05) is 30.5 Å². The minimum atomic E-state index is -5.08. The summed E-state index contributed by atoms with van der Waals surface area (Å²) in [5.41, 5.74) is 2.85. The fraction of sp³-hybridized carbons (Fsp3) is 0.471. The zero-order valence-corrected chi connectivity index (χ0v) is 18.4. The maximum atomic E-state index is 12.3. The highest BCUT2D eigenvalue weighted by atomic mass is 33.1. The summed E-state index contributed by atoms with van der Waals surface area (Å²) >= 11 is 0. The molecular formula is C17H21F3N4O5S2. The van der Waals surface area contributed by atoms with E-state index >= 15 is 0 Å². The Morgan fingerprint density at radius 1 is 1.13 bits per heavy atom. The minimum Gasteiger partial charge on any atom is -0.481 e. The third kappa shape index (κ3) is 8.65. The van der Waals surface area contributed by atoms with Crippen molar-refractivity contribution in [3.8, 4) is 0 Å². The van der Waals surface area contributed by atoms with E-state index < -0.39 is 18.1 Å². The number of rotatable bonds is 8. The molecule has 0 saturated carbocycles. The maximum absolute atomic E-state index is 12.3. The van der Waals surface area contributed by atoms with Crippen molar-refractivity contribution in [2.75, 3.05) is 18.1 Å². The molecule has 0 aliphatic rings. The second kappa shape index (κ2) is 11.8. The molecule has 0 unspecified atom stereocenters. The average molecular weight is 483 g/mol. The molecule has 172 valence electrons. The summed E-state index contributed by atoms with van der Waals surface area (Å²) in [7, 11) is 4.89. The van der Waals surface area contributed by atoms with E-state index in [4.69, 9.17) is 15.0 Å². The van der Waals surface area contributed by atoms with E-state index in [-0.39, 0.29) is 12.3 Å². The number of hydrogen-bond acceptors (Lipinski definition) is 7. The van der Waals surface area contributed by atoms with E-state index in [9.17, 15) is 22.8 Å². The summed E-state index contributed by atoms with van der Waals surface area (Å²) in [6, 6.07) is 1.84. The topological polar surface area (TPSA) is 134 Å². The van der Waals surface area contributed by atoms with E-state index in [2.05, 4.69) is 15.4 Å². The smallest absolute Gasteiger partial charge is 0.481 e. The predicted molar refractivity (Wildman–Crippen MR) is 111 cm³/mol. The van der Waals surface area contributed by atoms with Crippen molar-refractivity contribution in [1.29, 1.82) is 0 Å². The van der Waals surface area contributed by atoms with E-state index in [1.165, 1.54) is 10.8 Å². The van der Waals surface area contributed by atoms with Crippen LogP contribution in [0.2, 0.25) is 0 Å². The van der Waals surface area contributed by atoms with Gasteiger partial charge in [-0.05, 0) is 19.9 Å². The number of pyridine rings is 1. The van der Waals surface area contributed by atoms with Gasteiger partial charge in [0.2, 0.25) is 0 Å². The van der Waals surface area contributed by atoms with Crippen molar-refractivity contribution in [3.63, 3.8) is 0 Å². The summed E-state index contributed by atoms with van der Waals surface area (Å²) in [5, 5.41) is 23.7. The number of carboxylic acids is 2. The predicted octanol–water partition coefficient (Wildman–Crippen LogP) is 2.80. The van der Waals surface area contributed by atoms with Crippen LogP contribution in [0, 0.1) is 13.8 Å². The second-order valence-electron chi connectivity index (χ2n) is 6.05. The average Bonchev–Trinajstić information content (AvgIpc) is 2.92. The minimum absolute atomic E-state index is 0.152. The number of aromatic nitrogens is 3. The Morgan fingerprint density at radius 2 is 1.71 bits per heavy atom. The first kappa shape index (κ1) is 26.6. The van der Waals surface area contributed by atoms with E-state index in [0.29, 0.717) is 23.6 Å². The lowest BCUT2D eigenvalue weighted by Gasteiger charge is -2.07. The normalized spacial score (nSPS) is 11.0. The highest BCUT2D eigenvalue weighted by molar-refractivity contribution is 8.76. The molecule has 3 N–H and O–H groups in total. The van der Waals surface area contributed by atoms with Gasteiger partial charge in [-0.3, -0.25) is 14.3 Å². The Labute approximate surface area is 183 Å². The van der Waals surface area contributed by atoms with Gasteiger partial charge < -0.3 is 15.5 Å². The molecule has 0 bridgehead atoms. The monoisotopic (exact) mass is 482 g/mol. The molecule has 0 radical (unpaired) electrons. The maximum Gasteiger partial charge on any atom is 0.490 e. The standard InChI is InChI=1S/C15H20N4O3S2.C2HF3O2/c1-9-12(8-11-10(2)18-19(3)14(11)17-9)15(22)16-5-7-24-23-6-4-13(20)21;3-2(4,5)1(6)7/h8H,4-7H2,1-3H3,(H,16,22)(H,20,21);(H,6,7). The molecule has 0 atom stereocenters. The fourth-order valence-electron chi connectivity index (χ4n) is 2.21. The molecule has 2 rings (SSSR count). The molecule has 1 amide bonds. The Hall–Kier alpha value is -2.48. The number of hydrogen-bond donors (Lipinski definition) is 3. The number of carbonyl (C=O) groups is 3. The summed E-state index contributed by atoms with van der Waals surface area (Å²) in [6.45, 7) is 4.23. The van der Waals surface area contributed by atoms with Crippen LogP contribution in [0.1, 0.15) is 28.2 Å². The van der Waals surface area contributed by atoms with Crippen LogP contribution in [0.5, 0.6) is 0 Å². The van der Waals surface area contributed by atoms with Crippen LogP contribution in [-0.4, -0.2) is 67.1 Å². The Kier molecular flexibility index (Phi) is 10.1. The number of aryl methyl sites for hydroxylation is 3. The van der Waals surface area contributed by atoms with E-state index in [1.54, 1.807) is 15.5 Å². The lowest BCUT2D eigenvalue weighted by Crippen LogP contribution is -2.26. The van der Waals surface area contributed by atoms with Gasteiger partial charge in [0.1, 0.15) is 0 Å². The van der Waals surface area contributed by atoms with Crippen molar-refractivity contribution >= 4 is 50.5 Å². The SMILES string of the molecule is Cc1nc2c(cc1C(=O)NCCSSCCC(=O)O)c(C)nn2C.O=C(O)C(F)(F)F. The first-order valence-corrected chi connectivity index (χ1v) is 11.2. The number of carboxylic acid groups (broad SMARTS) is 2. The second-order valence-corrected chi connectivity index (χ2v) is 8.75. The zero-order valence-electron chi connectivity index (χ0n) is 16.8. The highest BCUT2D eigenvalue weighted by Crippen LogP contribution is 2.21. The fourth-order valence-corrected chi connectivity index (χ4v) is 4.10. The van der Waals surface area contributed by atoms with Crippen molar-refractivity contribution < 1.29 is 37.8 Å². The van der Waals surface area contributed by atoms with Crippen LogP contribution in [0.4, 0.5) is 13.2 Å². The summed E-state index contributed by atoms with van der Waals surface area (Å²) in [5.74, 6) is -2.42. The third-order valence-electron chi connectivity index (χ3n) is 3.63. The van der Waals surface area contributed by atoms with Gasteiger partial charge in [-0.2, -0.15) is 18.3 Å². The Morgan fingerprint density at radius 3 is 2.26 bits per heavy atom. The van der Waals surface area contributed by atoms with Crippen LogP contribution in [0.15, 0.2) is 6.07 Å². The number of nitrogens with one attached hydrogen (secondary N) is 1. The molecule has 31 heavy (non-hydrogen) atoms. The Bertz CT molecular complexity index is 950. The molecule has 0 aromatic carbocycles. The summed E-state index contributed by atoms with van der Waals surface area (Å²) in [6.07, 6.45) is -4.93. The van der Waals surface area contributed by atoms with E-state index in [0.717, 1.165) is 22.5 Å². The molecule has 14 heteroatoms. The van der Waals surface area contributed by atoms with E-state index in [1.807, 2.05) is 27.0 Å². The van der Waals surface area contributed by atoms with Gasteiger partial charge in [0.25, 0.3) is 5.91 Å². The Balaban J connectivity index is 0.000000592. The van der Waals surface area contributed by atoms with Crippen LogP contribution in [0.25, 0.3) is 11.0 Å². The first-order valence-electron chi connectivity index (χ1n) is 8.70. The van der Waals surface area contributed by atoms with Crippen LogP contribution < -0.4 is 5.32 Å². The van der Waals surface area contributed by atoms with Gasteiger partial charge in [-0.15, -0.1) is 0 Å². The first-order chi connectivity index (χ1) is 14.3. The van der Waals surface area contributed by atoms with Gasteiger partial charge in [-0.1, -0.05) is 21.6 Å². The van der Waals surface area contributed by atoms with Crippen molar-refractivity contribution in [1.82, 2.24) is 20.1 Å². The number of fused-ring (bicyclic) bond motifs is 1. The van der Waals surface area contributed by atoms with Gasteiger partial charge >= 0.3 is 18.1 Å². The lowest BCUT2D eigenvalue weighted by molar-refractivity contribution is -0.192. The molecular weight excluding hydrogens is 461 g/mol. The van der Waals surface area contributed by atoms with Gasteiger partial charge in [0.15, 0.2) is 5.65 Å². The summed E-state index contributed by atoms with van der Waals surface area (Å²) < 4.78 is 33.4. The zero-order chi connectivity index (χ0) is 23.8. The highest BCUT2D eigenvalue weighted by Gasteiger charge is 2.38. The quantitative estimate of drug-likeness (QED) is 0.383. The van der Waals surface area contributed by atoms with Crippen LogP contribution >= 0.6 is 21.6 Å². The number of carbonyl (C=O) groups excluding carboxylic acids is 1. The molecule has 0 fully saturated rings. The molecule has 0 spiro atoms. The number of amides is 1. The number of nitrogens with zero attached hydrogens (tertiary/aromatic N) is 3. The molecule has 9 nitrogen and oxygen atoms in total. The van der Waals surface area contributed by atoms with Gasteiger partial charge in [0.05, 0.1) is 23.4 Å². The molecule has 0 saturated heterocycles. The molecule has 2 aromatic rings. The van der Waals surface area contributed by atoms with Crippen molar-refractivity contribution in [3.05, 3.63) is 23.0 Å². The van der Waals surface area contributed by atoms with Gasteiger partial charge in [-0.25, -0.2) is 9.78 Å². The van der Waals surface area contributed by atoms with Crippen molar-refractivity contribution in [2.45, 2.75) is 26.4 Å². The molecule has 2 aromatic heterocycles. The number of alkyl halides is 3. The van der Waals surface area contributed by atoms with Crippen LogP contribution in [0.3, 0.4) is 0 Å². The molecule has 0 aliphatic carbocycles. The largest absolute Gasteiger partial charge is 0.490 e. The lowest BCUT2D eigenvalue weighted by atomic mass is 10.1. The number of halogens is 3. The van der Waals surface area contributed by atoms with Crippen LogP contribution in [-0.2, 0) is 16.6 Å². The van der Waals surface area contributed by atoms with Crippen molar-refractivity contribution in [2.24, 2.45) is 7.05 Å². The number of aliphatic carboxylic acids is 2. The third-order valence-corrected chi connectivity index (χ3v) is 6.04. The molecule has 2 heterocycles. The molecule has 0 aliphatic heterocycles.